The second-order valence-corrected chi connectivity index (χ2v) is 5.30. The van der Waals surface area contributed by atoms with Crippen molar-refractivity contribution in [1.29, 1.82) is 0 Å². The van der Waals surface area contributed by atoms with Gasteiger partial charge in [-0.1, -0.05) is 46.1 Å². The lowest BCUT2D eigenvalue weighted by Crippen LogP contribution is -1.92. The zero-order valence-electron chi connectivity index (χ0n) is 12.6. The molecule has 0 unspecified atom stereocenters. The molecule has 0 aliphatic carbocycles. The number of fused-ring (bicyclic) bond motifs is 1. The second kappa shape index (κ2) is 6.74. The highest BCUT2D eigenvalue weighted by Crippen LogP contribution is 2.22. The Morgan fingerprint density at radius 1 is 1.00 bits per heavy atom. The summed E-state index contributed by atoms with van der Waals surface area (Å²) in [6, 6.07) is 4.44. The van der Waals surface area contributed by atoms with Crippen LogP contribution in [0.3, 0.4) is 0 Å². The van der Waals surface area contributed by atoms with Gasteiger partial charge in [0, 0.05) is 6.42 Å². The number of nitrogens with zero attached hydrogens (tertiary/aromatic N) is 1. The van der Waals surface area contributed by atoms with Gasteiger partial charge in [0.2, 0.25) is 0 Å². The molecule has 0 radical (unpaired) electrons. The Morgan fingerprint density at radius 3 is 2.53 bits per heavy atom. The first-order chi connectivity index (χ1) is 9.30. The molecule has 2 aromatic rings. The maximum Gasteiger partial charge on any atom is 0.107 e. The van der Waals surface area contributed by atoms with Crippen LogP contribution in [-0.4, -0.2) is 9.97 Å². The van der Waals surface area contributed by atoms with E-state index in [1.165, 1.54) is 47.8 Å². The minimum absolute atomic E-state index is 1.07. The van der Waals surface area contributed by atoms with Crippen LogP contribution in [0.1, 0.15) is 63.4 Å². The molecular weight excluding hydrogens is 232 g/mol. The maximum absolute atomic E-state index is 4.83. The molecule has 2 heteroatoms. The minimum Gasteiger partial charge on any atom is -0.342 e. The van der Waals surface area contributed by atoms with Crippen molar-refractivity contribution < 1.29 is 0 Å². The summed E-state index contributed by atoms with van der Waals surface area (Å²) in [7, 11) is 0. The van der Waals surface area contributed by atoms with Crippen LogP contribution in [0.4, 0.5) is 0 Å². The lowest BCUT2D eigenvalue weighted by atomic mass is 10.0. The van der Waals surface area contributed by atoms with Crippen molar-refractivity contribution >= 4 is 11.0 Å². The molecule has 0 bridgehead atoms. The fraction of sp³-hybridized carbons (Fsp3) is 0.588. The van der Waals surface area contributed by atoms with Gasteiger partial charge in [-0.15, -0.1) is 0 Å². The van der Waals surface area contributed by atoms with Gasteiger partial charge in [0.1, 0.15) is 5.82 Å². The topological polar surface area (TPSA) is 28.7 Å². The number of imidazole rings is 1. The third kappa shape index (κ3) is 3.17. The molecule has 0 aliphatic heterocycles. The average Bonchev–Trinajstić information content (AvgIpc) is 2.85. The Bertz CT molecular complexity index is 525. The third-order valence-corrected chi connectivity index (χ3v) is 3.91. The molecule has 0 fully saturated rings. The van der Waals surface area contributed by atoms with E-state index in [1.807, 2.05) is 0 Å². The number of rotatable bonds is 7. The summed E-state index contributed by atoms with van der Waals surface area (Å²) in [4.78, 5) is 8.32. The quantitative estimate of drug-likeness (QED) is 0.709. The van der Waals surface area contributed by atoms with E-state index in [4.69, 9.17) is 4.98 Å². The van der Waals surface area contributed by atoms with Crippen LogP contribution in [0, 0.1) is 0 Å². The molecular formula is C17H26N2. The van der Waals surface area contributed by atoms with Gasteiger partial charge >= 0.3 is 0 Å². The summed E-state index contributed by atoms with van der Waals surface area (Å²) < 4.78 is 0. The van der Waals surface area contributed by atoms with Gasteiger partial charge < -0.3 is 4.98 Å². The second-order valence-electron chi connectivity index (χ2n) is 5.30. The summed E-state index contributed by atoms with van der Waals surface area (Å²) in [6.07, 6.45) is 8.43. The van der Waals surface area contributed by atoms with Crippen LogP contribution in [0.5, 0.6) is 0 Å². The van der Waals surface area contributed by atoms with Crippen LogP contribution >= 0.6 is 0 Å². The van der Waals surface area contributed by atoms with Crippen molar-refractivity contribution in [3.05, 3.63) is 29.1 Å². The monoisotopic (exact) mass is 258 g/mol. The van der Waals surface area contributed by atoms with E-state index in [9.17, 15) is 0 Å². The maximum atomic E-state index is 4.83. The van der Waals surface area contributed by atoms with E-state index >= 15 is 0 Å². The molecule has 0 saturated heterocycles. The number of nitrogens with one attached hydrogen (secondary N) is 1. The van der Waals surface area contributed by atoms with Crippen molar-refractivity contribution in [2.75, 3.05) is 0 Å². The predicted molar refractivity (Wildman–Crippen MR) is 82.7 cm³/mol. The molecule has 104 valence electrons. The molecule has 0 spiro atoms. The number of aryl methyl sites for hydroxylation is 3. The molecule has 0 atom stereocenters. The van der Waals surface area contributed by atoms with E-state index in [2.05, 4.69) is 37.9 Å². The molecule has 1 N–H and O–H groups in total. The van der Waals surface area contributed by atoms with Crippen LogP contribution in [0.2, 0.25) is 0 Å². The first-order valence-electron chi connectivity index (χ1n) is 7.79. The Labute approximate surface area is 116 Å². The van der Waals surface area contributed by atoms with Crippen LogP contribution in [0.15, 0.2) is 12.1 Å². The largest absolute Gasteiger partial charge is 0.342 e. The first kappa shape index (κ1) is 14.1. The number of benzene rings is 1. The van der Waals surface area contributed by atoms with Crippen molar-refractivity contribution in [3.63, 3.8) is 0 Å². The molecule has 0 amide bonds. The van der Waals surface area contributed by atoms with Crippen molar-refractivity contribution in [3.8, 4) is 0 Å². The Morgan fingerprint density at radius 2 is 1.84 bits per heavy atom. The molecule has 2 rings (SSSR count). The molecule has 1 aromatic heterocycles. The van der Waals surface area contributed by atoms with Gasteiger partial charge in [-0.2, -0.15) is 0 Å². The van der Waals surface area contributed by atoms with Gasteiger partial charge in [0.15, 0.2) is 0 Å². The van der Waals surface area contributed by atoms with Crippen molar-refractivity contribution in [2.45, 2.75) is 65.7 Å². The Hall–Kier alpha value is -1.31. The standard InChI is InChI=1S/C17H26N2/c1-4-7-8-9-10-16-18-15-12-11-13(5-2)14(6-3)17(15)19-16/h11-12H,4-10H2,1-3H3,(H,18,19). The highest BCUT2D eigenvalue weighted by Gasteiger charge is 2.09. The molecule has 1 aromatic carbocycles. The van der Waals surface area contributed by atoms with E-state index < -0.39 is 0 Å². The van der Waals surface area contributed by atoms with Gasteiger partial charge in [0.25, 0.3) is 0 Å². The van der Waals surface area contributed by atoms with Crippen LogP contribution in [-0.2, 0) is 19.3 Å². The first-order valence-corrected chi connectivity index (χ1v) is 7.79. The third-order valence-electron chi connectivity index (χ3n) is 3.91. The predicted octanol–water partition coefficient (Wildman–Crippen LogP) is 4.81. The molecule has 1 heterocycles. The fourth-order valence-electron chi connectivity index (χ4n) is 2.79. The highest BCUT2D eigenvalue weighted by atomic mass is 14.9. The summed E-state index contributed by atoms with van der Waals surface area (Å²) in [5.41, 5.74) is 5.28. The zero-order chi connectivity index (χ0) is 13.7. The zero-order valence-corrected chi connectivity index (χ0v) is 12.6. The number of aromatic nitrogens is 2. The molecule has 2 nitrogen and oxygen atoms in total. The number of hydrogen-bond donors (Lipinski definition) is 1. The van der Waals surface area contributed by atoms with E-state index in [0.29, 0.717) is 0 Å². The Balaban J connectivity index is 2.20. The number of unbranched alkanes of at least 4 members (excludes halogenated alkanes) is 3. The summed E-state index contributed by atoms with van der Waals surface area (Å²) in [5, 5.41) is 0. The Kier molecular flexibility index (Phi) is 5.00. The SMILES string of the molecule is CCCCCCc1nc2c(CC)c(CC)ccc2[nH]1. The highest BCUT2D eigenvalue weighted by molar-refractivity contribution is 5.80. The number of H-pyrrole nitrogens is 1. The summed E-state index contributed by atoms with van der Waals surface area (Å²) in [5.74, 6) is 1.16. The number of hydrogen-bond acceptors (Lipinski definition) is 1. The van der Waals surface area contributed by atoms with Gasteiger partial charge in [0.05, 0.1) is 11.0 Å². The minimum atomic E-state index is 1.07. The van der Waals surface area contributed by atoms with Gasteiger partial charge in [-0.05, 0) is 36.5 Å². The van der Waals surface area contributed by atoms with Crippen LogP contribution in [0.25, 0.3) is 11.0 Å². The van der Waals surface area contributed by atoms with E-state index in [1.54, 1.807) is 0 Å². The van der Waals surface area contributed by atoms with E-state index in [-0.39, 0.29) is 0 Å². The summed E-state index contributed by atoms with van der Waals surface area (Å²) in [6.45, 7) is 6.70. The van der Waals surface area contributed by atoms with Gasteiger partial charge in [-0.25, -0.2) is 4.98 Å². The smallest absolute Gasteiger partial charge is 0.107 e. The summed E-state index contributed by atoms with van der Waals surface area (Å²) >= 11 is 0. The fourth-order valence-corrected chi connectivity index (χ4v) is 2.79. The normalized spacial score (nSPS) is 11.3. The molecule has 0 aliphatic rings. The lowest BCUT2D eigenvalue weighted by Gasteiger charge is -2.05. The van der Waals surface area contributed by atoms with Gasteiger partial charge in [-0.3, -0.25) is 0 Å². The van der Waals surface area contributed by atoms with E-state index in [0.717, 1.165) is 25.1 Å². The lowest BCUT2D eigenvalue weighted by molar-refractivity contribution is 0.656. The van der Waals surface area contributed by atoms with Crippen LogP contribution < -0.4 is 0 Å². The average molecular weight is 258 g/mol. The molecule has 0 saturated carbocycles. The van der Waals surface area contributed by atoms with Crippen molar-refractivity contribution in [1.82, 2.24) is 9.97 Å². The number of aromatic amines is 1. The van der Waals surface area contributed by atoms with Crippen molar-refractivity contribution in [2.24, 2.45) is 0 Å². The molecule has 19 heavy (non-hydrogen) atoms.